The summed E-state index contributed by atoms with van der Waals surface area (Å²) in [5, 5.41) is 9.17. The van der Waals surface area contributed by atoms with Crippen LogP contribution >= 0.6 is 23.1 Å². The molecule has 0 saturated carbocycles. The van der Waals surface area contributed by atoms with Crippen molar-refractivity contribution in [1.29, 1.82) is 0 Å². The van der Waals surface area contributed by atoms with E-state index in [4.69, 9.17) is 9.47 Å². The molecule has 0 bridgehead atoms. The monoisotopic (exact) mass is 739 g/mol. The molecule has 52 heavy (non-hydrogen) atoms. The van der Waals surface area contributed by atoms with Crippen molar-refractivity contribution in [2.24, 2.45) is 11.3 Å². The molecule has 3 N–H and O–H groups in total. The first-order chi connectivity index (χ1) is 25.0. The number of thiophene rings is 1. The van der Waals surface area contributed by atoms with Crippen LogP contribution < -0.4 is 20.7 Å². The Morgan fingerprint density at radius 2 is 1.67 bits per heavy atom. The number of thioether (sulfide) groups is 1. The molecule has 272 valence electrons. The molecular formula is C41H45N3O6S2. The van der Waals surface area contributed by atoms with Crippen molar-refractivity contribution in [3.63, 3.8) is 0 Å². The quantitative estimate of drug-likeness (QED) is 0.0713. The van der Waals surface area contributed by atoms with Gasteiger partial charge in [-0.05, 0) is 92.5 Å². The van der Waals surface area contributed by atoms with Gasteiger partial charge in [0.2, 0.25) is 5.91 Å². The lowest BCUT2D eigenvalue weighted by Gasteiger charge is -2.33. The lowest BCUT2D eigenvalue weighted by Crippen LogP contribution is -2.30. The van der Waals surface area contributed by atoms with Crippen LogP contribution in [0.3, 0.4) is 0 Å². The highest BCUT2D eigenvalue weighted by Crippen LogP contribution is 2.44. The number of benzene rings is 3. The Morgan fingerprint density at radius 1 is 0.923 bits per heavy atom. The van der Waals surface area contributed by atoms with Crippen LogP contribution in [-0.4, -0.2) is 42.7 Å². The third kappa shape index (κ3) is 9.92. The Hall–Kier alpha value is -4.87. The van der Waals surface area contributed by atoms with Crippen molar-refractivity contribution >= 4 is 63.6 Å². The van der Waals surface area contributed by atoms with Gasteiger partial charge in [0, 0.05) is 26.6 Å². The average Bonchev–Trinajstić information content (AvgIpc) is 3.48. The average molecular weight is 740 g/mol. The molecule has 3 amide bonds. The molecule has 1 atom stereocenters. The van der Waals surface area contributed by atoms with Gasteiger partial charge >= 0.3 is 5.97 Å². The summed E-state index contributed by atoms with van der Waals surface area (Å²) in [6.07, 6.45) is 4.20. The van der Waals surface area contributed by atoms with Crippen molar-refractivity contribution in [2.45, 2.75) is 58.8 Å². The number of fused-ring (bicyclic) bond motifs is 1. The maximum Gasteiger partial charge on any atom is 0.341 e. The number of rotatable bonds is 13. The fraction of sp³-hybridized carbons (Fsp3) is 0.317. The predicted molar refractivity (Wildman–Crippen MR) is 209 cm³/mol. The van der Waals surface area contributed by atoms with Crippen LogP contribution in [0.15, 0.2) is 89.5 Å². The van der Waals surface area contributed by atoms with E-state index in [2.05, 4.69) is 36.7 Å². The van der Waals surface area contributed by atoms with Crippen LogP contribution in [0.4, 0.5) is 10.7 Å². The van der Waals surface area contributed by atoms with E-state index in [0.717, 1.165) is 34.6 Å². The zero-order valence-corrected chi connectivity index (χ0v) is 31.8. The van der Waals surface area contributed by atoms with Gasteiger partial charge in [0.25, 0.3) is 11.8 Å². The second-order valence-corrected chi connectivity index (χ2v) is 15.6. The van der Waals surface area contributed by atoms with E-state index in [9.17, 15) is 19.2 Å². The zero-order valence-electron chi connectivity index (χ0n) is 30.2. The standard InChI is InChI=1S/C41H45N3O6S2/c1-6-49-33-19-12-11-16-27(33)22-32(43-37(46)26-14-9-8-10-15-26)38(47)42-29-17-13-18-30(24-29)51-25-35(45)44-39-36(40(48)50-7-2)31-21-20-28(41(3,4)5)23-34(31)52-39/h8-19,22,24,28H,6-7,20-21,23,25H2,1-5H3,(H,42,47)(H,43,46)(H,44,45)/b32-22+. The lowest BCUT2D eigenvalue weighted by molar-refractivity contribution is -0.114. The van der Waals surface area contributed by atoms with Crippen LogP contribution in [0.2, 0.25) is 0 Å². The third-order valence-corrected chi connectivity index (χ3v) is 10.9. The van der Waals surface area contributed by atoms with Crippen LogP contribution in [0.5, 0.6) is 5.75 Å². The lowest BCUT2D eigenvalue weighted by atomic mass is 9.72. The smallest absolute Gasteiger partial charge is 0.341 e. The maximum atomic E-state index is 13.7. The Morgan fingerprint density at radius 3 is 2.40 bits per heavy atom. The highest BCUT2D eigenvalue weighted by Gasteiger charge is 2.34. The summed E-state index contributed by atoms with van der Waals surface area (Å²) in [6.45, 7) is 11.1. The minimum absolute atomic E-state index is 0.0308. The summed E-state index contributed by atoms with van der Waals surface area (Å²) in [5.74, 6) is -0.479. The predicted octanol–water partition coefficient (Wildman–Crippen LogP) is 8.61. The number of hydrogen-bond acceptors (Lipinski definition) is 8. The van der Waals surface area contributed by atoms with Gasteiger partial charge in [-0.25, -0.2) is 4.79 Å². The third-order valence-electron chi connectivity index (χ3n) is 8.73. The highest BCUT2D eigenvalue weighted by molar-refractivity contribution is 8.00. The molecule has 1 aliphatic rings. The minimum Gasteiger partial charge on any atom is -0.493 e. The van der Waals surface area contributed by atoms with Crippen LogP contribution in [0.1, 0.15) is 77.8 Å². The summed E-state index contributed by atoms with van der Waals surface area (Å²) in [7, 11) is 0. The highest BCUT2D eigenvalue weighted by atomic mass is 32.2. The SMILES string of the molecule is CCOC(=O)c1c(NC(=O)CSc2cccc(NC(=O)/C(=C\c3ccccc3OCC)NC(=O)c3ccccc3)c2)sc2c1CCC(C(C)(C)C)C2. The van der Waals surface area contributed by atoms with Gasteiger partial charge in [-0.15, -0.1) is 23.1 Å². The summed E-state index contributed by atoms with van der Waals surface area (Å²) in [5.41, 5.74) is 3.16. The van der Waals surface area contributed by atoms with Gasteiger partial charge in [-0.1, -0.05) is 63.2 Å². The Balaban J connectivity index is 1.29. The van der Waals surface area contributed by atoms with Crippen molar-refractivity contribution in [3.05, 3.63) is 112 Å². The Labute approximate surface area is 313 Å². The molecule has 0 spiro atoms. The minimum atomic E-state index is -0.530. The first-order valence-corrected chi connectivity index (χ1v) is 19.2. The molecule has 1 heterocycles. The molecular weight excluding hydrogens is 695 g/mol. The first kappa shape index (κ1) is 38.4. The molecule has 9 nitrogen and oxygen atoms in total. The molecule has 1 aromatic heterocycles. The van der Waals surface area contributed by atoms with Gasteiger partial charge in [0.05, 0.1) is 24.5 Å². The summed E-state index contributed by atoms with van der Waals surface area (Å²) in [6, 6.07) is 23.0. The number of carbonyl (C=O) groups is 4. The van der Waals surface area contributed by atoms with Gasteiger partial charge in [-0.2, -0.15) is 0 Å². The molecule has 1 aliphatic carbocycles. The van der Waals surface area contributed by atoms with Crippen LogP contribution in [0, 0.1) is 11.3 Å². The molecule has 0 aliphatic heterocycles. The van der Waals surface area contributed by atoms with Gasteiger partial charge in [-0.3, -0.25) is 14.4 Å². The Bertz CT molecular complexity index is 1950. The van der Waals surface area contributed by atoms with Crippen LogP contribution in [-0.2, 0) is 27.2 Å². The summed E-state index contributed by atoms with van der Waals surface area (Å²) >= 11 is 2.77. The zero-order chi connectivity index (χ0) is 37.3. The number of amides is 3. The number of nitrogens with one attached hydrogen (secondary N) is 3. The van der Waals surface area contributed by atoms with Gasteiger partial charge in [0.15, 0.2) is 0 Å². The topological polar surface area (TPSA) is 123 Å². The molecule has 11 heteroatoms. The van der Waals surface area contributed by atoms with E-state index >= 15 is 0 Å². The molecule has 5 rings (SSSR count). The first-order valence-electron chi connectivity index (χ1n) is 17.4. The maximum absolute atomic E-state index is 13.7. The van der Waals surface area contributed by atoms with Gasteiger partial charge in [0.1, 0.15) is 16.4 Å². The molecule has 0 fully saturated rings. The summed E-state index contributed by atoms with van der Waals surface area (Å²) < 4.78 is 11.1. The molecule has 1 unspecified atom stereocenters. The van der Waals surface area contributed by atoms with E-state index in [1.807, 2.05) is 31.2 Å². The van der Waals surface area contributed by atoms with Crippen molar-refractivity contribution in [3.8, 4) is 5.75 Å². The Kier molecular flexibility index (Phi) is 13.0. The van der Waals surface area contributed by atoms with E-state index in [0.29, 0.717) is 45.7 Å². The molecule has 4 aromatic rings. The van der Waals surface area contributed by atoms with E-state index < -0.39 is 17.8 Å². The summed E-state index contributed by atoms with van der Waals surface area (Å²) in [4.78, 5) is 55.0. The number of esters is 1. The van der Waals surface area contributed by atoms with E-state index in [1.54, 1.807) is 67.6 Å². The van der Waals surface area contributed by atoms with Crippen molar-refractivity contribution in [1.82, 2.24) is 5.32 Å². The molecule has 3 aromatic carbocycles. The normalized spacial score (nSPS) is 14.2. The van der Waals surface area contributed by atoms with Crippen LogP contribution in [0.25, 0.3) is 6.08 Å². The number of para-hydroxylation sites is 1. The van der Waals surface area contributed by atoms with Crippen molar-refractivity contribution < 1.29 is 28.7 Å². The molecule has 0 saturated heterocycles. The number of carbonyl (C=O) groups excluding carboxylic acids is 4. The second-order valence-electron chi connectivity index (χ2n) is 13.4. The number of anilines is 2. The largest absolute Gasteiger partial charge is 0.493 e. The second kappa shape index (κ2) is 17.6. The molecule has 0 radical (unpaired) electrons. The fourth-order valence-electron chi connectivity index (χ4n) is 5.99. The van der Waals surface area contributed by atoms with E-state index in [-0.39, 0.29) is 29.4 Å². The number of hydrogen-bond donors (Lipinski definition) is 3. The van der Waals surface area contributed by atoms with E-state index in [1.165, 1.54) is 23.1 Å². The van der Waals surface area contributed by atoms with Crippen molar-refractivity contribution in [2.75, 3.05) is 29.6 Å². The fourth-order valence-corrected chi connectivity index (χ4v) is 8.08. The van der Waals surface area contributed by atoms with Gasteiger partial charge < -0.3 is 25.4 Å². The number of ether oxygens (including phenoxy) is 2.